The van der Waals surface area contributed by atoms with E-state index in [1.165, 1.54) is 7.11 Å². The number of rotatable bonds is 13. The number of alkyl carbamates (subject to hydrolysis) is 1. The van der Waals surface area contributed by atoms with E-state index in [9.17, 15) is 19.5 Å². The van der Waals surface area contributed by atoms with Crippen LogP contribution in [0.4, 0.5) is 4.79 Å². The van der Waals surface area contributed by atoms with Crippen molar-refractivity contribution in [1.82, 2.24) is 10.2 Å². The number of nitrogens with zero attached hydrogens (tertiary/aromatic N) is 1. The fourth-order valence-electron chi connectivity index (χ4n) is 3.95. The van der Waals surface area contributed by atoms with Crippen molar-refractivity contribution in [1.29, 1.82) is 0 Å². The number of esters is 1. The Labute approximate surface area is 243 Å². The normalized spacial score (nSPS) is 13.5. The zero-order valence-electron chi connectivity index (χ0n) is 24.9. The summed E-state index contributed by atoms with van der Waals surface area (Å²) in [5, 5.41) is 14.6. The molecule has 2 aromatic carbocycles. The summed E-state index contributed by atoms with van der Waals surface area (Å²) in [5.74, 6) is -0.151. The third-order valence-electron chi connectivity index (χ3n) is 6.26. The van der Waals surface area contributed by atoms with E-state index >= 15 is 0 Å². The van der Waals surface area contributed by atoms with Crippen molar-refractivity contribution in [3.05, 3.63) is 48.0 Å². The zero-order chi connectivity index (χ0) is 30.3. The van der Waals surface area contributed by atoms with Gasteiger partial charge in [0, 0.05) is 19.1 Å². The molecule has 0 unspecified atom stereocenters. The van der Waals surface area contributed by atoms with Gasteiger partial charge in [-0.25, -0.2) is 4.79 Å². The van der Waals surface area contributed by atoms with Gasteiger partial charge in [0.05, 0.1) is 13.7 Å². The van der Waals surface area contributed by atoms with Crippen molar-refractivity contribution in [3.8, 4) is 0 Å². The van der Waals surface area contributed by atoms with Crippen LogP contribution < -0.4 is 11.1 Å². The third kappa shape index (κ3) is 13.5. The van der Waals surface area contributed by atoms with Crippen molar-refractivity contribution < 1.29 is 29.0 Å². The number of aliphatic carboxylic acids is 1. The predicted octanol–water partition coefficient (Wildman–Crippen LogP) is 4.91. The Hall–Kier alpha value is -2.82. The van der Waals surface area contributed by atoms with Gasteiger partial charge < -0.3 is 25.6 Å². The van der Waals surface area contributed by atoms with Crippen LogP contribution in [0.2, 0.25) is 0 Å². The summed E-state index contributed by atoms with van der Waals surface area (Å²) in [6.07, 6.45) is 3.04. The Morgan fingerprint density at radius 2 is 1.77 bits per heavy atom. The third-order valence-corrected chi connectivity index (χ3v) is 6.90. The van der Waals surface area contributed by atoms with Crippen LogP contribution in [-0.2, 0) is 25.6 Å². The van der Waals surface area contributed by atoms with Gasteiger partial charge in [0.15, 0.2) is 0 Å². The molecule has 0 aliphatic rings. The summed E-state index contributed by atoms with van der Waals surface area (Å²) in [6, 6.07) is 13.5. The summed E-state index contributed by atoms with van der Waals surface area (Å²) in [7, 11) is 1.35. The molecular weight excluding hydrogens is 530 g/mol. The molecule has 0 aliphatic carbocycles. The van der Waals surface area contributed by atoms with E-state index in [1.807, 2.05) is 68.3 Å². The molecule has 40 heavy (non-hydrogen) atoms. The molecule has 2 rings (SSSR count). The van der Waals surface area contributed by atoms with Gasteiger partial charge in [-0.1, -0.05) is 62.7 Å². The summed E-state index contributed by atoms with van der Waals surface area (Å²) in [5.41, 5.74) is 5.90. The van der Waals surface area contributed by atoms with Crippen molar-refractivity contribution in [2.75, 3.05) is 32.2 Å². The molecule has 224 valence electrons. The van der Waals surface area contributed by atoms with Crippen LogP contribution in [0.15, 0.2) is 42.5 Å². The molecule has 10 heteroatoms. The van der Waals surface area contributed by atoms with E-state index in [1.54, 1.807) is 11.8 Å². The van der Waals surface area contributed by atoms with Gasteiger partial charge in [-0.2, -0.15) is 11.8 Å². The first kappa shape index (κ1) is 35.2. The van der Waals surface area contributed by atoms with Gasteiger partial charge in [-0.05, 0) is 61.5 Å². The SMILES string of the molecule is CC[C@H](C)[C@@H](CN(CC(=O)O)Cc1cccc2ccccc12)NC(=O)OC(C)(C)C.COC(=O)[C@@H](N)CCSC. The number of carboxylic acids is 1. The second-order valence-corrected chi connectivity index (χ2v) is 11.7. The van der Waals surface area contributed by atoms with Crippen LogP contribution in [0, 0.1) is 5.92 Å². The number of benzene rings is 2. The van der Waals surface area contributed by atoms with Gasteiger partial charge in [-0.15, -0.1) is 0 Å². The molecule has 0 saturated heterocycles. The molecule has 0 spiro atoms. The number of thioether (sulfide) groups is 1. The Kier molecular flexibility index (Phi) is 15.7. The van der Waals surface area contributed by atoms with Gasteiger partial charge in [0.1, 0.15) is 11.6 Å². The van der Waals surface area contributed by atoms with E-state index in [-0.39, 0.29) is 24.5 Å². The second kappa shape index (κ2) is 17.8. The van der Waals surface area contributed by atoms with E-state index in [0.29, 0.717) is 19.5 Å². The molecular formula is C30H47N3O6S. The first-order chi connectivity index (χ1) is 18.8. The standard InChI is InChI=1S/C24H34N2O4.C6H13NO2S/c1-6-17(2)21(25-23(29)30-24(3,4)5)15-26(16-22(27)28)14-19-12-9-11-18-10-7-8-13-20(18)19;1-9-6(8)5(7)3-4-10-2/h7-13,17,21H,6,14-16H2,1-5H3,(H,25,29)(H,27,28);5H,3-4,7H2,1-2H3/t17-,21+;5-/m00/s1. The van der Waals surface area contributed by atoms with E-state index in [2.05, 4.69) is 30.0 Å². The number of carbonyl (C=O) groups is 3. The number of nitrogens with two attached hydrogens (primary N) is 1. The number of carboxylic acid groups (broad SMARTS) is 1. The largest absolute Gasteiger partial charge is 0.480 e. The lowest BCUT2D eigenvalue weighted by Crippen LogP contribution is -2.49. The molecule has 0 saturated carbocycles. The Morgan fingerprint density at radius 1 is 1.12 bits per heavy atom. The highest BCUT2D eigenvalue weighted by Gasteiger charge is 2.25. The first-order valence-electron chi connectivity index (χ1n) is 13.5. The van der Waals surface area contributed by atoms with Gasteiger partial charge in [0.2, 0.25) is 0 Å². The van der Waals surface area contributed by atoms with E-state index < -0.39 is 23.7 Å². The number of methoxy groups -OCH3 is 1. The quantitative estimate of drug-likeness (QED) is 0.284. The molecule has 4 N–H and O–H groups in total. The van der Waals surface area contributed by atoms with Crippen LogP contribution in [0.25, 0.3) is 10.8 Å². The predicted molar refractivity (Wildman–Crippen MR) is 162 cm³/mol. The minimum Gasteiger partial charge on any atom is -0.480 e. The monoisotopic (exact) mass is 577 g/mol. The van der Waals surface area contributed by atoms with E-state index in [4.69, 9.17) is 10.5 Å². The van der Waals surface area contributed by atoms with Crippen LogP contribution in [-0.4, -0.2) is 77.9 Å². The van der Waals surface area contributed by atoms with Crippen LogP contribution in [0.3, 0.4) is 0 Å². The van der Waals surface area contributed by atoms with E-state index in [0.717, 1.165) is 28.5 Å². The number of fused-ring (bicyclic) bond motifs is 1. The smallest absolute Gasteiger partial charge is 0.407 e. The van der Waals surface area contributed by atoms with Crippen molar-refractivity contribution in [2.24, 2.45) is 11.7 Å². The molecule has 0 aliphatic heterocycles. The minimum atomic E-state index is -0.893. The number of carbonyl (C=O) groups excluding carboxylic acids is 2. The fraction of sp³-hybridized carbons (Fsp3) is 0.567. The van der Waals surface area contributed by atoms with Crippen molar-refractivity contribution >= 4 is 40.6 Å². The van der Waals surface area contributed by atoms with Gasteiger partial charge in [-0.3, -0.25) is 14.5 Å². The molecule has 0 radical (unpaired) electrons. The summed E-state index contributed by atoms with van der Waals surface area (Å²) in [6.45, 7) is 10.4. The molecule has 0 aromatic heterocycles. The lowest BCUT2D eigenvalue weighted by Gasteiger charge is -2.31. The number of ether oxygens (including phenoxy) is 2. The zero-order valence-corrected chi connectivity index (χ0v) is 25.8. The molecule has 9 nitrogen and oxygen atoms in total. The molecule has 2 aromatic rings. The highest BCUT2D eigenvalue weighted by Crippen LogP contribution is 2.21. The van der Waals surface area contributed by atoms with Crippen LogP contribution in [0.5, 0.6) is 0 Å². The number of hydrogen-bond acceptors (Lipinski definition) is 8. The summed E-state index contributed by atoms with van der Waals surface area (Å²) < 4.78 is 9.85. The number of nitrogens with one attached hydrogen (secondary N) is 1. The number of hydrogen-bond donors (Lipinski definition) is 3. The topological polar surface area (TPSA) is 131 Å². The molecule has 0 fully saturated rings. The molecule has 0 bridgehead atoms. The average molecular weight is 578 g/mol. The average Bonchev–Trinajstić information content (AvgIpc) is 2.89. The van der Waals surface area contributed by atoms with Crippen LogP contribution in [0.1, 0.15) is 53.0 Å². The lowest BCUT2D eigenvalue weighted by molar-refractivity contribution is -0.142. The van der Waals surface area contributed by atoms with Gasteiger partial charge in [0.25, 0.3) is 0 Å². The maximum Gasteiger partial charge on any atom is 0.407 e. The Balaban J connectivity index is 0.000000680. The fourth-order valence-corrected chi connectivity index (χ4v) is 4.44. The highest BCUT2D eigenvalue weighted by atomic mass is 32.2. The van der Waals surface area contributed by atoms with Crippen molar-refractivity contribution in [3.63, 3.8) is 0 Å². The maximum atomic E-state index is 12.4. The first-order valence-corrected chi connectivity index (χ1v) is 14.9. The Morgan fingerprint density at radius 3 is 2.35 bits per heavy atom. The summed E-state index contributed by atoms with van der Waals surface area (Å²) >= 11 is 1.67. The minimum absolute atomic E-state index is 0.105. The Bertz CT molecular complexity index is 1070. The molecule has 3 atom stereocenters. The highest BCUT2D eigenvalue weighted by molar-refractivity contribution is 7.98. The lowest BCUT2D eigenvalue weighted by atomic mass is 9.98. The van der Waals surface area contributed by atoms with Crippen LogP contribution >= 0.6 is 11.8 Å². The summed E-state index contributed by atoms with van der Waals surface area (Å²) in [4.78, 5) is 36.4. The van der Waals surface area contributed by atoms with Gasteiger partial charge >= 0.3 is 18.0 Å². The molecule has 0 heterocycles. The molecule has 1 amide bonds. The van der Waals surface area contributed by atoms with Crippen molar-refractivity contribution in [2.45, 2.75) is 71.7 Å². The second-order valence-electron chi connectivity index (χ2n) is 10.8. The maximum absolute atomic E-state index is 12.4. The number of amides is 1.